The summed E-state index contributed by atoms with van der Waals surface area (Å²) in [7, 11) is 0. The molecule has 1 amide bonds. The van der Waals surface area contributed by atoms with E-state index in [1.807, 2.05) is 36.2 Å². The van der Waals surface area contributed by atoms with Gasteiger partial charge in [0.2, 0.25) is 0 Å². The highest BCUT2D eigenvalue weighted by atomic mass is 32.1. The van der Waals surface area contributed by atoms with Crippen molar-refractivity contribution in [2.24, 2.45) is 0 Å². The third kappa shape index (κ3) is 3.15. The Labute approximate surface area is 146 Å². The molecule has 2 aromatic rings. The second-order valence-electron chi connectivity index (χ2n) is 6.64. The van der Waals surface area contributed by atoms with E-state index in [0.717, 1.165) is 36.6 Å². The van der Waals surface area contributed by atoms with Crippen LogP contribution in [0.5, 0.6) is 0 Å². The molecule has 0 N–H and O–H groups in total. The number of carbonyl (C=O) groups excluding carboxylic acids is 1. The predicted octanol–water partition coefficient (Wildman–Crippen LogP) is 3.12. The molecule has 3 heterocycles. The summed E-state index contributed by atoms with van der Waals surface area (Å²) in [6.45, 7) is 3.70. The number of nitrogens with zero attached hydrogens (tertiary/aromatic N) is 4. The number of aromatic nitrogens is 2. The van der Waals surface area contributed by atoms with E-state index in [0.29, 0.717) is 12.1 Å². The van der Waals surface area contributed by atoms with Crippen LogP contribution in [0.2, 0.25) is 0 Å². The van der Waals surface area contributed by atoms with E-state index in [9.17, 15) is 4.79 Å². The first kappa shape index (κ1) is 15.6. The zero-order chi connectivity index (χ0) is 16.5. The van der Waals surface area contributed by atoms with Gasteiger partial charge in [0.25, 0.3) is 5.91 Å². The van der Waals surface area contributed by atoms with E-state index in [1.165, 1.54) is 17.7 Å². The Kier molecular flexibility index (Phi) is 4.22. The van der Waals surface area contributed by atoms with Crippen molar-refractivity contribution in [3.8, 4) is 0 Å². The van der Waals surface area contributed by atoms with Gasteiger partial charge in [-0.05, 0) is 50.8 Å². The minimum absolute atomic E-state index is 0.187. The normalized spacial score (nSPS) is 18.6. The molecule has 5 nitrogen and oxygen atoms in total. The maximum atomic E-state index is 12.6. The number of anilines is 1. The van der Waals surface area contributed by atoms with Gasteiger partial charge >= 0.3 is 0 Å². The fraction of sp³-hybridized carbons (Fsp3) is 0.500. The number of hydrogen-bond donors (Lipinski definition) is 0. The van der Waals surface area contributed by atoms with Crippen molar-refractivity contribution in [1.29, 1.82) is 0 Å². The van der Waals surface area contributed by atoms with Crippen molar-refractivity contribution in [3.63, 3.8) is 0 Å². The van der Waals surface area contributed by atoms with Crippen molar-refractivity contribution in [3.05, 3.63) is 40.5 Å². The number of hydrogen-bond acceptors (Lipinski definition) is 5. The van der Waals surface area contributed by atoms with Crippen LogP contribution in [0, 0.1) is 6.92 Å². The number of carbonyl (C=O) groups is 1. The standard InChI is InChI=1S/C18H22N4OS/c1-13-2-5-16(24-13)18(23)21-10-7-15(8-11-21)22(14-3-4-14)17-6-9-19-12-20-17/h2,5-6,9,12,14-15H,3-4,7-8,10-11H2,1H3. The van der Waals surface area contributed by atoms with Gasteiger partial charge in [-0.25, -0.2) is 9.97 Å². The van der Waals surface area contributed by atoms with Gasteiger partial charge < -0.3 is 9.80 Å². The molecule has 126 valence electrons. The summed E-state index contributed by atoms with van der Waals surface area (Å²) in [5.74, 6) is 1.22. The lowest BCUT2D eigenvalue weighted by molar-refractivity contribution is 0.0717. The Hall–Kier alpha value is -1.95. The van der Waals surface area contributed by atoms with Crippen LogP contribution in [0.1, 0.15) is 40.2 Å². The molecule has 0 aromatic carbocycles. The van der Waals surface area contributed by atoms with Crippen LogP contribution in [-0.2, 0) is 0 Å². The van der Waals surface area contributed by atoms with Crippen molar-refractivity contribution < 1.29 is 4.79 Å². The van der Waals surface area contributed by atoms with Gasteiger partial charge in [-0.3, -0.25) is 4.79 Å². The van der Waals surface area contributed by atoms with E-state index < -0.39 is 0 Å². The molecule has 24 heavy (non-hydrogen) atoms. The largest absolute Gasteiger partial charge is 0.350 e. The Bertz CT molecular complexity index is 705. The Morgan fingerprint density at radius 2 is 1.92 bits per heavy atom. The summed E-state index contributed by atoms with van der Waals surface area (Å²) in [5, 5.41) is 0. The molecule has 0 unspecified atom stereocenters. The summed E-state index contributed by atoms with van der Waals surface area (Å²) in [4.78, 5) is 27.6. The first-order chi connectivity index (χ1) is 11.7. The number of rotatable bonds is 4. The van der Waals surface area contributed by atoms with Crippen molar-refractivity contribution in [2.45, 2.75) is 44.7 Å². The highest BCUT2D eigenvalue weighted by Gasteiger charge is 2.37. The molecular formula is C18H22N4OS. The van der Waals surface area contributed by atoms with Crippen molar-refractivity contribution >= 4 is 23.1 Å². The molecular weight excluding hydrogens is 320 g/mol. The highest BCUT2D eigenvalue weighted by molar-refractivity contribution is 7.13. The smallest absolute Gasteiger partial charge is 0.263 e. The number of amides is 1. The molecule has 0 atom stereocenters. The number of thiophene rings is 1. The second-order valence-corrected chi connectivity index (χ2v) is 7.93. The summed E-state index contributed by atoms with van der Waals surface area (Å²) >= 11 is 1.59. The van der Waals surface area contributed by atoms with Gasteiger partial charge in [0, 0.05) is 36.2 Å². The van der Waals surface area contributed by atoms with Gasteiger partial charge in [-0.2, -0.15) is 0 Å². The van der Waals surface area contributed by atoms with Gasteiger partial charge in [0.1, 0.15) is 12.1 Å². The molecule has 1 saturated heterocycles. The third-order valence-corrected chi connectivity index (χ3v) is 5.86. The zero-order valence-electron chi connectivity index (χ0n) is 13.9. The molecule has 1 aliphatic heterocycles. The Morgan fingerprint density at radius 1 is 1.17 bits per heavy atom. The van der Waals surface area contributed by atoms with Gasteiger partial charge in [0.05, 0.1) is 4.88 Å². The molecule has 1 aliphatic carbocycles. The van der Waals surface area contributed by atoms with Gasteiger partial charge in [-0.1, -0.05) is 0 Å². The molecule has 6 heteroatoms. The number of likely N-dealkylation sites (tertiary alicyclic amines) is 1. The minimum atomic E-state index is 0.187. The van der Waals surface area contributed by atoms with Crippen LogP contribution in [0.15, 0.2) is 30.7 Å². The summed E-state index contributed by atoms with van der Waals surface area (Å²) in [5.41, 5.74) is 0. The molecule has 1 saturated carbocycles. The van der Waals surface area contributed by atoms with Crippen LogP contribution in [-0.4, -0.2) is 45.9 Å². The van der Waals surface area contributed by atoms with Crippen LogP contribution in [0.25, 0.3) is 0 Å². The van der Waals surface area contributed by atoms with Crippen LogP contribution in [0.4, 0.5) is 5.82 Å². The van der Waals surface area contributed by atoms with E-state index in [1.54, 1.807) is 17.7 Å². The SMILES string of the molecule is Cc1ccc(C(=O)N2CCC(N(c3ccncn3)C3CC3)CC2)s1. The van der Waals surface area contributed by atoms with E-state index >= 15 is 0 Å². The first-order valence-corrected chi connectivity index (χ1v) is 9.44. The molecule has 4 rings (SSSR count). The van der Waals surface area contributed by atoms with Gasteiger partial charge in [-0.15, -0.1) is 11.3 Å². The third-order valence-electron chi connectivity index (χ3n) is 4.87. The topological polar surface area (TPSA) is 49.3 Å². The zero-order valence-corrected chi connectivity index (χ0v) is 14.7. The summed E-state index contributed by atoms with van der Waals surface area (Å²) in [6, 6.07) is 7.07. The molecule has 2 aromatic heterocycles. The van der Waals surface area contributed by atoms with Gasteiger partial charge in [0.15, 0.2) is 0 Å². The summed E-state index contributed by atoms with van der Waals surface area (Å²) < 4.78 is 0. The highest BCUT2D eigenvalue weighted by Crippen LogP contribution is 2.35. The van der Waals surface area contributed by atoms with Crippen LogP contribution in [0.3, 0.4) is 0 Å². The maximum absolute atomic E-state index is 12.6. The summed E-state index contributed by atoms with van der Waals surface area (Å²) in [6.07, 6.45) is 7.96. The fourth-order valence-electron chi connectivity index (χ4n) is 3.51. The van der Waals surface area contributed by atoms with Crippen molar-refractivity contribution in [1.82, 2.24) is 14.9 Å². The molecule has 2 aliphatic rings. The van der Waals surface area contributed by atoms with Crippen LogP contribution < -0.4 is 4.90 Å². The monoisotopic (exact) mass is 342 g/mol. The van der Waals surface area contributed by atoms with E-state index in [4.69, 9.17) is 0 Å². The van der Waals surface area contributed by atoms with Crippen LogP contribution >= 0.6 is 11.3 Å². The second kappa shape index (κ2) is 6.51. The quantitative estimate of drug-likeness (QED) is 0.856. The lowest BCUT2D eigenvalue weighted by atomic mass is 10.0. The molecule has 2 fully saturated rings. The number of piperidine rings is 1. The number of aryl methyl sites for hydroxylation is 1. The first-order valence-electron chi connectivity index (χ1n) is 8.62. The molecule has 0 spiro atoms. The van der Waals surface area contributed by atoms with E-state index in [2.05, 4.69) is 14.9 Å². The lowest BCUT2D eigenvalue weighted by Crippen LogP contribution is -2.48. The lowest BCUT2D eigenvalue weighted by Gasteiger charge is -2.39. The predicted molar refractivity (Wildman–Crippen MR) is 95.5 cm³/mol. The van der Waals surface area contributed by atoms with Crippen molar-refractivity contribution in [2.75, 3.05) is 18.0 Å². The molecule has 0 radical (unpaired) electrons. The molecule has 0 bridgehead atoms. The Morgan fingerprint density at radius 3 is 2.50 bits per heavy atom. The van der Waals surface area contributed by atoms with E-state index in [-0.39, 0.29) is 5.91 Å². The fourth-order valence-corrected chi connectivity index (χ4v) is 4.35. The average Bonchev–Trinajstić information content (AvgIpc) is 3.36. The maximum Gasteiger partial charge on any atom is 0.263 e. The Balaban J connectivity index is 1.42. The average molecular weight is 342 g/mol. The minimum Gasteiger partial charge on any atom is -0.350 e.